The Morgan fingerprint density at radius 2 is 0.940 bits per heavy atom. The summed E-state index contributed by atoms with van der Waals surface area (Å²) >= 11 is 1.84. The smallest absolute Gasteiger partial charge is 0.143 e. The monoisotopic (exact) mass is 657 g/mol. The quantitative estimate of drug-likeness (QED) is 0.189. The summed E-state index contributed by atoms with van der Waals surface area (Å²) in [5.74, 6) is 0. The summed E-state index contributed by atoms with van der Waals surface area (Å²) < 4.78 is 15.2. The van der Waals surface area contributed by atoms with Crippen molar-refractivity contribution in [2.45, 2.75) is 0 Å². The van der Waals surface area contributed by atoms with Gasteiger partial charge in [-0.25, -0.2) is 0 Å². The van der Waals surface area contributed by atoms with Crippen LogP contribution in [0.25, 0.3) is 85.9 Å². The van der Waals surface area contributed by atoms with E-state index in [2.05, 4.69) is 144 Å². The molecule has 8 aromatic carbocycles. The summed E-state index contributed by atoms with van der Waals surface area (Å²) in [5.41, 5.74) is 9.26. The second kappa shape index (κ2) is 10.6. The zero-order valence-electron chi connectivity index (χ0n) is 26.8. The van der Waals surface area contributed by atoms with Crippen LogP contribution in [0, 0.1) is 0 Å². The van der Waals surface area contributed by atoms with Crippen LogP contribution in [0.2, 0.25) is 0 Å². The first-order valence-electron chi connectivity index (χ1n) is 16.8. The molecule has 0 unspecified atom stereocenters. The van der Waals surface area contributed by atoms with E-state index in [1.165, 1.54) is 31.1 Å². The van der Waals surface area contributed by atoms with E-state index in [4.69, 9.17) is 8.83 Å². The number of hydrogen-bond acceptors (Lipinski definition) is 4. The molecule has 0 saturated carbocycles. The largest absolute Gasteiger partial charge is 0.456 e. The molecule has 0 amide bonds. The highest BCUT2D eigenvalue weighted by molar-refractivity contribution is 7.25. The van der Waals surface area contributed by atoms with Gasteiger partial charge in [-0.3, -0.25) is 0 Å². The number of fused-ring (bicyclic) bond motifs is 11. The molecule has 0 saturated heterocycles. The van der Waals surface area contributed by atoms with Crippen molar-refractivity contribution in [1.82, 2.24) is 0 Å². The van der Waals surface area contributed by atoms with Gasteiger partial charge in [0, 0.05) is 64.2 Å². The average Bonchev–Trinajstić information content (AvgIpc) is 3.86. The molecular weight excluding hydrogens is 631 g/mol. The summed E-state index contributed by atoms with van der Waals surface area (Å²) in [6.07, 6.45) is 0. The molecule has 0 aliphatic carbocycles. The Hall–Kier alpha value is -6.36. The first-order valence-corrected chi connectivity index (χ1v) is 17.6. The second-order valence-electron chi connectivity index (χ2n) is 12.9. The van der Waals surface area contributed by atoms with Gasteiger partial charge in [0.2, 0.25) is 0 Å². The standard InChI is InChI=1S/C46H27NO2S/c1-2-13-37-32(9-1)38(27-40-34-11-4-7-15-42(34)49-46(37)40)28-17-19-29(20-18-28)47(30-22-24-43-39(25-30)33-10-3-6-14-41(33)48-43)31-21-23-36-35-12-5-8-16-44(35)50-45(36)26-31/h1-27H. The van der Waals surface area contributed by atoms with E-state index in [0.717, 1.165) is 71.9 Å². The Kier molecular flexibility index (Phi) is 5.83. The lowest BCUT2D eigenvalue weighted by molar-refractivity contribution is 0.669. The number of para-hydroxylation sites is 2. The van der Waals surface area contributed by atoms with Crippen molar-refractivity contribution in [3.8, 4) is 11.1 Å². The molecule has 0 fully saturated rings. The number of nitrogens with zero attached hydrogens (tertiary/aromatic N) is 1. The third-order valence-electron chi connectivity index (χ3n) is 10.1. The minimum Gasteiger partial charge on any atom is -0.456 e. The van der Waals surface area contributed by atoms with Crippen LogP contribution >= 0.6 is 11.3 Å². The topological polar surface area (TPSA) is 29.5 Å². The summed E-state index contributed by atoms with van der Waals surface area (Å²) in [6.45, 7) is 0. The lowest BCUT2D eigenvalue weighted by Gasteiger charge is -2.26. The fourth-order valence-electron chi connectivity index (χ4n) is 7.73. The molecule has 3 aromatic heterocycles. The van der Waals surface area contributed by atoms with Crippen molar-refractivity contribution >= 4 is 103 Å². The van der Waals surface area contributed by atoms with Gasteiger partial charge in [-0.15, -0.1) is 11.3 Å². The molecule has 234 valence electrons. The van der Waals surface area contributed by atoms with Crippen LogP contribution < -0.4 is 4.90 Å². The predicted octanol–water partition coefficient (Wildman–Crippen LogP) is 14.1. The number of rotatable bonds is 4. The number of anilines is 3. The van der Waals surface area contributed by atoms with E-state index in [9.17, 15) is 0 Å². The van der Waals surface area contributed by atoms with E-state index in [-0.39, 0.29) is 0 Å². The van der Waals surface area contributed by atoms with E-state index < -0.39 is 0 Å². The van der Waals surface area contributed by atoms with E-state index >= 15 is 0 Å². The first-order chi connectivity index (χ1) is 24.8. The lowest BCUT2D eigenvalue weighted by Crippen LogP contribution is -2.09. The SMILES string of the molecule is c1ccc2c(c1)oc1ccc(N(c3ccc(-c4cc5c6ccccc6oc5c5ccccc45)cc3)c3ccc4c(c3)sc3ccccc34)cc12. The zero-order valence-corrected chi connectivity index (χ0v) is 27.6. The molecule has 0 bridgehead atoms. The summed E-state index contributed by atoms with van der Waals surface area (Å²) in [4.78, 5) is 2.36. The molecular formula is C46H27NO2S. The average molecular weight is 658 g/mol. The van der Waals surface area contributed by atoms with Crippen LogP contribution in [0.15, 0.2) is 173 Å². The van der Waals surface area contributed by atoms with Gasteiger partial charge in [0.15, 0.2) is 0 Å². The molecule has 0 aliphatic rings. The van der Waals surface area contributed by atoms with Gasteiger partial charge in [0.25, 0.3) is 0 Å². The van der Waals surface area contributed by atoms with E-state index in [1.807, 2.05) is 35.6 Å². The van der Waals surface area contributed by atoms with Crippen LogP contribution in [0.3, 0.4) is 0 Å². The van der Waals surface area contributed by atoms with Gasteiger partial charge in [-0.05, 0) is 83.2 Å². The minimum atomic E-state index is 0.888. The molecule has 0 spiro atoms. The molecule has 0 radical (unpaired) electrons. The van der Waals surface area contributed by atoms with Crippen molar-refractivity contribution in [3.05, 3.63) is 164 Å². The van der Waals surface area contributed by atoms with Gasteiger partial charge in [-0.1, -0.05) is 97.1 Å². The van der Waals surface area contributed by atoms with Gasteiger partial charge >= 0.3 is 0 Å². The molecule has 11 rings (SSSR count). The minimum absolute atomic E-state index is 0.888. The van der Waals surface area contributed by atoms with Crippen LogP contribution in [0.4, 0.5) is 17.1 Å². The Morgan fingerprint density at radius 3 is 1.76 bits per heavy atom. The Labute approximate surface area is 290 Å². The van der Waals surface area contributed by atoms with Crippen LogP contribution in [-0.2, 0) is 0 Å². The van der Waals surface area contributed by atoms with Crippen molar-refractivity contribution in [2.75, 3.05) is 4.90 Å². The molecule has 4 heteroatoms. The molecule has 0 N–H and O–H groups in total. The molecule has 3 heterocycles. The zero-order chi connectivity index (χ0) is 32.8. The molecule has 0 aliphatic heterocycles. The maximum atomic E-state index is 6.39. The lowest BCUT2D eigenvalue weighted by atomic mass is 9.95. The van der Waals surface area contributed by atoms with Crippen LogP contribution in [0.5, 0.6) is 0 Å². The molecule has 0 atom stereocenters. The number of hydrogen-bond donors (Lipinski definition) is 0. The summed E-state index contributed by atoms with van der Waals surface area (Å²) in [6, 6.07) is 58.5. The Bertz CT molecular complexity index is 3110. The number of furan rings is 2. The first kappa shape index (κ1) is 27.6. The number of thiophene rings is 1. The molecule has 11 aromatic rings. The predicted molar refractivity (Wildman–Crippen MR) is 212 cm³/mol. The maximum absolute atomic E-state index is 6.39. The van der Waals surface area contributed by atoms with Crippen LogP contribution in [0.1, 0.15) is 0 Å². The Balaban J connectivity index is 1.10. The fourth-order valence-corrected chi connectivity index (χ4v) is 8.87. The van der Waals surface area contributed by atoms with Crippen molar-refractivity contribution < 1.29 is 8.83 Å². The maximum Gasteiger partial charge on any atom is 0.143 e. The van der Waals surface area contributed by atoms with Gasteiger partial charge in [-0.2, -0.15) is 0 Å². The number of benzene rings is 8. The summed E-state index contributed by atoms with van der Waals surface area (Å²) in [5, 5.41) is 9.39. The van der Waals surface area contributed by atoms with E-state index in [1.54, 1.807) is 0 Å². The third kappa shape index (κ3) is 4.09. The van der Waals surface area contributed by atoms with E-state index in [0.29, 0.717) is 0 Å². The van der Waals surface area contributed by atoms with Crippen molar-refractivity contribution in [3.63, 3.8) is 0 Å². The summed E-state index contributed by atoms with van der Waals surface area (Å²) in [7, 11) is 0. The van der Waals surface area contributed by atoms with Crippen LogP contribution in [-0.4, -0.2) is 0 Å². The second-order valence-corrected chi connectivity index (χ2v) is 14.0. The molecule has 3 nitrogen and oxygen atoms in total. The fraction of sp³-hybridized carbons (Fsp3) is 0. The van der Waals surface area contributed by atoms with Crippen molar-refractivity contribution in [2.24, 2.45) is 0 Å². The highest BCUT2D eigenvalue weighted by atomic mass is 32.1. The highest BCUT2D eigenvalue weighted by Gasteiger charge is 2.19. The highest BCUT2D eigenvalue weighted by Crippen LogP contribution is 2.44. The normalized spacial score (nSPS) is 12.0. The van der Waals surface area contributed by atoms with Gasteiger partial charge in [0.05, 0.1) is 0 Å². The van der Waals surface area contributed by atoms with Crippen molar-refractivity contribution in [1.29, 1.82) is 0 Å². The third-order valence-corrected chi connectivity index (χ3v) is 11.2. The van der Waals surface area contributed by atoms with Gasteiger partial charge in [0.1, 0.15) is 22.3 Å². The Morgan fingerprint density at radius 1 is 0.360 bits per heavy atom. The van der Waals surface area contributed by atoms with Gasteiger partial charge < -0.3 is 13.7 Å². The molecule has 50 heavy (non-hydrogen) atoms.